The van der Waals surface area contributed by atoms with Crippen LogP contribution in [0.1, 0.15) is 17.2 Å². The molecule has 0 aliphatic carbocycles. The maximum Gasteiger partial charge on any atom is 0.296 e. The van der Waals surface area contributed by atoms with Crippen LogP contribution in [-0.2, 0) is 9.59 Å². The molecule has 3 rings (SSSR count). The van der Waals surface area contributed by atoms with Crippen LogP contribution >= 0.6 is 0 Å². The molecular formula is C20H16N2O4. The highest BCUT2D eigenvalue weighted by molar-refractivity contribution is 6.46. The molecule has 1 saturated heterocycles. The van der Waals surface area contributed by atoms with Crippen LogP contribution in [0, 0.1) is 11.3 Å². The summed E-state index contributed by atoms with van der Waals surface area (Å²) in [6, 6.07) is 16.4. The number of nitriles is 1. The molecule has 1 atom stereocenters. The van der Waals surface area contributed by atoms with Gasteiger partial charge in [-0.25, -0.2) is 0 Å². The summed E-state index contributed by atoms with van der Waals surface area (Å²) in [5, 5.41) is 19.8. The number of Topliss-reactive ketones (excluding diaryl/α,β-unsaturated/α-hetero) is 1. The predicted octanol–water partition coefficient (Wildman–Crippen LogP) is 2.64. The summed E-state index contributed by atoms with van der Waals surface area (Å²) in [6.45, 7) is -0.279. The molecular weight excluding hydrogens is 332 g/mol. The number of aliphatic hydroxyl groups excluding tert-OH is 1. The second-order valence-corrected chi connectivity index (χ2v) is 5.69. The first-order valence-corrected chi connectivity index (χ1v) is 7.93. The minimum Gasteiger partial charge on any atom is -0.507 e. The molecule has 1 aliphatic heterocycles. The average Bonchev–Trinajstić information content (AvgIpc) is 2.93. The lowest BCUT2D eigenvalue weighted by Crippen LogP contribution is -2.30. The fourth-order valence-corrected chi connectivity index (χ4v) is 3.09. The number of amides is 1. The number of para-hydroxylation sites is 1. The van der Waals surface area contributed by atoms with Crippen molar-refractivity contribution in [3.05, 3.63) is 71.3 Å². The number of benzene rings is 2. The Balaban J connectivity index is 2.25. The molecule has 1 aliphatic rings. The Morgan fingerprint density at radius 2 is 1.81 bits per heavy atom. The lowest BCUT2D eigenvalue weighted by molar-refractivity contribution is -0.139. The van der Waals surface area contributed by atoms with Crippen LogP contribution in [0.15, 0.2) is 60.2 Å². The Morgan fingerprint density at radius 1 is 1.15 bits per heavy atom. The van der Waals surface area contributed by atoms with E-state index < -0.39 is 17.7 Å². The summed E-state index contributed by atoms with van der Waals surface area (Å²) in [4.78, 5) is 26.2. The number of methoxy groups -OCH3 is 1. The quantitative estimate of drug-likeness (QED) is 0.397. The van der Waals surface area contributed by atoms with Crippen molar-refractivity contribution in [2.75, 3.05) is 13.7 Å². The van der Waals surface area contributed by atoms with Crippen LogP contribution in [0.5, 0.6) is 5.75 Å². The molecule has 6 heteroatoms. The zero-order valence-electron chi connectivity index (χ0n) is 14.0. The second kappa shape index (κ2) is 7.11. The lowest BCUT2D eigenvalue weighted by Gasteiger charge is -2.24. The highest BCUT2D eigenvalue weighted by Gasteiger charge is 2.46. The average molecular weight is 348 g/mol. The summed E-state index contributed by atoms with van der Waals surface area (Å²) in [5.41, 5.74) is 0.894. The van der Waals surface area contributed by atoms with E-state index in [0.717, 1.165) is 4.90 Å². The normalized spacial score (nSPS) is 18.6. The third-order valence-corrected chi connectivity index (χ3v) is 4.26. The number of ether oxygens (including phenoxy) is 1. The van der Waals surface area contributed by atoms with Gasteiger partial charge in [0.05, 0.1) is 24.8 Å². The molecule has 1 fully saturated rings. The highest BCUT2D eigenvalue weighted by Crippen LogP contribution is 2.42. The Bertz CT molecular complexity index is 928. The van der Waals surface area contributed by atoms with Gasteiger partial charge in [-0.2, -0.15) is 5.26 Å². The summed E-state index contributed by atoms with van der Waals surface area (Å²) in [5.74, 6) is -1.46. The first-order valence-electron chi connectivity index (χ1n) is 7.93. The summed E-state index contributed by atoms with van der Waals surface area (Å²) in [7, 11) is 1.48. The first kappa shape index (κ1) is 17.2. The first-order chi connectivity index (χ1) is 12.6. The summed E-state index contributed by atoms with van der Waals surface area (Å²) in [6.07, 6.45) is 0. The molecule has 26 heavy (non-hydrogen) atoms. The molecule has 1 N–H and O–H groups in total. The molecule has 6 nitrogen and oxygen atoms in total. The molecule has 0 saturated carbocycles. The van der Waals surface area contributed by atoms with Crippen LogP contribution in [0.3, 0.4) is 0 Å². The van der Waals surface area contributed by atoms with E-state index in [2.05, 4.69) is 0 Å². The molecule has 0 bridgehead atoms. The maximum atomic E-state index is 12.6. The van der Waals surface area contributed by atoms with Crippen molar-refractivity contribution in [3.63, 3.8) is 0 Å². The SMILES string of the molecule is COc1ccccc1C1/C(=C(\O)c2ccccc2)C(=O)C(=O)N1CC#N. The Kier molecular flexibility index (Phi) is 4.72. The van der Waals surface area contributed by atoms with Gasteiger partial charge in [0.2, 0.25) is 0 Å². The number of nitrogens with zero attached hydrogens (tertiary/aromatic N) is 2. The third kappa shape index (κ3) is 2.80. The number of ketones is 1. The van der Waals surface area contributed by atoms with E-state index in [-0.39, 0.29) is 17.9 Å². The zero-order chi connectivity index (χ0) is 18.7. The molecule has 1 amide bonds. The van der Waals surface area contributed by atoms with Crippen LogP contribution in [-0.4, -0.2) is 35.4 Å². The number of hydrogen-bond acceptors (Lipinski definition) is 5. The minimum absolute atomic E-state index is 0.0547. The summed E-state index contributed by atoms with van der Waals surface area (Å²) >= 11 is 0. The van der Waals surface area contributed by atoms with Crippen molar-refractivity contribution in [2.45, 2.75) is 6.04 Å². The topological polar surface area (TPSA) is 90.6 Å². The number of rotatable bonds is 4. The van der Waals surface area contributed by atoms with E-state index in [4.69, 9.17) is 10.00 Å². The standard InChI is InChI=1S/C20H16N2O4/c1-26-15-10-6-5-9-14(15)17-16(18(23)13-7-3-2-4-8-13)19(24)20(25)22(17)12-11-21/h2-10,17,23H,12H2,1H3/b18-16+. The van der Waals surface area contributed by atoms with Crippen molar-refractivity contribution >= 4 is 17.4 Å². The number of carbonyl (C=O) groups excluding carboxylic acids is 2. The molecule has 2 aromatic rings. The van der Waals surface area contributed by atoms with Gasteiger partial charge in [0.25, 0.3) is 11.7 Å². The fourth-order valence-electron chi connectivity index (χ4n) is 3.09. The van der Waals surface area contributed by atoms with E-state index in [9.17, 15) is 14.7 Å². The Hall–Kier alpha value is -3.59. The number of likely N-dealkylation sites (tertiary alicyclic amines) is 1. The van der Waals surface area contributed by atoms with Crippen molar-refractivity contribution in [3.8, 4) is 11.8 Å². The van der Waals surface area contributed by atoms with Crippen molar-refractivity contribution in [2.24, 2.45) is 0 Å². The lowest BCUT2D eigenvalue weighted by atomic mass is 9.94. The summed E-state index contributed by atoms with van der Waals surface area (Å²) < 4.78 is 5.35. The molecule has 1 unspecified atom stereocenters. The van der Waals surface area contributed by atoms with E-state index in [1.807, 2.05) is 6.07 Å². The van der Waals surface area contributed by atoms with E-state index in [0.29, 0.717) is 16.9 Å². The largest absolute Gasteiger partial charge is 0.507 e. The molecule has 1 heterocycles. The monoisotopic (exact) mass is 348 g/mol. The predicted molar refractivity (Wildman–Crippen MR) is 94.1 cm³/mol. The van der Waals surface area contributed by atoms with Crippen molar-refractivity contribution in [1.82, 2.24) is 4.90 Å². The van der Waals surface area contributed by atoms with Crippen molar-refractivity contribution < 1.29 is 19.4 Å². The maximum absolute atomic E-state index is 12.6. The smallest absolute Gasteiger partial charge is 0.296 e. The minimum atomic E-state index is -0.897. The van der Waals surface area contributed by atoms with Crippen LogP contribution in [0.25, 0.3) is 5.76 Å². The molecule has 0 aromatic heterocycles. The van der Waals surface area contributed by atoms with E-state index in [1.165, 1.54) is 7.11 Å². The van der Waals surface area contributed by atoms with E-state index in [1.54, 1.807) is 54.6 Å². The van der Waals surface area contributed by atoms with Crippen LogP contribution < -0.4 is 4.74 Å². The van der Waals surface area contributed by atoms with Crippen LogP contribution in [0.2, 0.25) is 0 Å². The van der Waals surface area contributed by atoms with Crippen LogP contribution in [0.4, 0.5) is 0 Å². The van der Waals surface area contributed by atoms with Gasteiger partial charge in [0.15, 0.2) is 0 Å². The zero-order valence-corrected chi connectivity index (χ0v) is 14.0. The van der Waals surface area contributed by atoms with Gasteiger partial charge in [-0.3, -0.25) is 9.59 Å². The molecule has 0 spiro atoms. The third-order valence-electron chi connectivity index (χ3n) is 4.26. The van der Waals surface area contributed by atoms with Gasteiger partial charge in [-0.1, -0.05) is 48.5 Å². The fraction of sp³-hybridized carbons (Fsp3) is 0.150. The van der Waals surface area contributed by atoms with Gasteiger partial charge in [-0.15, -0.1) is 0 Å². The Morgan fingerprint density at radius 3 is 2.46 bits per heavy atom. The van der Waals surface area contributed by atoms with E-state index >= 15 is 0 Å². The highest BCUT2D eigenvalue weighted by atomic mass is 16.5. The van der Waals surface area contributed by atoms with Crippen molar-refractivity contribution in [1.29, 1.82) is 5.26 Å². The number of carbonyl (C=O) groups is 2. The van der Waals surface area contributed by atoms with Gasteiger partial charge in [0, 0.05) is 11.1 Å². The van der Waals surface area contributed by atoms with Gasteiger partial charge >= 0.3 is 0 Å². The molecule has 0 radical (unpaired) electrons. The van der Waals surface area contributed by atoms with Gasteiger partial charge in [-0.05, 0) is 6.07 Å². The number of hydrogen-bond donors (Lipinski definition) is 1. The molecule has 130 valence electrons. The second-order valence-electron chi connectivity index (χ2n) is 5.69. The molecule has 2 aromatic carbocycles. The number of aliphatic hydroxyl groups is 1. The Labute approximate surface area is 150 Å². The van der Waals surface area contributed by atoms with Gasteiger partial charge in [0.1, 0.15) is 18.1 Å². The van der Waals surface area contributed by atoms with Gasteiger partial charge < -0.3 is 14.7 Å².